The molecule has 0 bridgehead atoms. The fourth-order valence-electron chi connectivity index (χ4n) is 1.79. The first kappa shape index (κ1) is 15.7. The molecule has 1 aliphatic carbocycles. The van der Waals surface area contributed by atoms with Gasteiger partial charge in [-0.1, -0.05) is 36.8 Å². The molecule has 0 aromatic carbocycles. The van der Waals surface area contributed by atoms with Crippen molar-refractivity contribution in [2.24, 2.45) is 0 Å². The third-order valence-corrected chi connectivity index (χ3v) is 2.70. The molecule has 1 rings (SSSR count). The predicted octanol–water partition coefficient (Wildman–Crippen LogP) is 3.14. The molecule has 0 aromatic heterocycles. The van der Waals surface area contributed by atoms with Crippen LogP contribution in [-0.4, -0.2) is 24.7 Å². The quantitative estimate of drug-likeness (QED) is 0.774. The molecule has 0 aromatic rings. The lowest BCUT2D eigenvalue weighted by atomic mass is 10.2. The minimum atomic E-state index is -0.416. The maximum absolute atomic E-state index is 11.5. The second kappa shape index (κ2) is 7.29. The highest BCUT2D eigenvalue weighted by molar-refractivity contribution is 5.72. The number of esters is 1. The summed E-state index contributed by atoms with van der Waals surface area (Å²) in [5.74, 6) is -0.210. The minimum absolute atomic E-state index is 0.210. The molecule has 0 radical (unpaired) electrons. The summed E-state index contributed by atoms with van der Waals surface area (Å²) in [4.78, 5) is 11.5. The van der Waals surface area contributed by atoms with Gasteiger partial charge in [0, 0.05) is 6.54 Å². The Bertz CT molecular complexity index is 397. The van der Waals surface area contributed by atoms with Gasteiger partial charge in [0.05, 0.1) is 6.54 Å². The van der Waals surface area contributed by atoms with Gasteiger partial charge in [0.25, 0.3) is 0 Å². The summed E-state index contributed by atoms with van der Waals surface area (Å²) in [6.45, 7) is 8.72. The Morgan fingerprint density at radius 1 is 1.26 bits per heavy atom. The van der Waals surface area contributed by atoms with Crippen molar-refractivity contribution in [1.82, 2.24) is 5.32 Å². The molecule has 0 spiro atoms. The molecule has 0 saturated heterocycles. The van der Waals surface area contributed by atoms with Gasteiger partial charge in [0.1, 0.15) is 5.60 Å². The number of allylic oxidation sites excluding steroid dienone is 4. The van der Waals surface area contributed by atoms with Crippen LogP contribution in [0.15, 0.2) is 35.5 Å². The van der Waals surface area contributed by atoms with Crippen LogP contribution in [0.3, 0.4) is 0 Å². The summed E-state index contributed by atoms with van der Waals surface area (Å²) in [5, 5.41) is 3.12. The second-order valence-corrected chi connectivity index (χ2v) is 5.67. The van der Waals surface area contributed by atoms with Crippen LogP contribution in [0.1, 0.15) is 40.5 Å². The second-order valence-electron chi connectivity index (χ2n) is 5.67. The lowest BCUT2D eigenvalue weighted by Gasteiger charge is -2.19. The van der Waals surface area contributed by atoms with Gasteiger partial charge in [-0.2, -0.15) is 0 Å². The van der Waals surface area contributed by atoms with E-state index in [1.54, 1.807) is 0 Å². The third-order valence-electron chi connectivity index (χ3n) is 2.70. The maximum Gasteiger partial charge on any atom is 0.320 e. The van der Waals surface area contributed by atoms with Gasteiger partial charge >= 0.3 is 5.97 Å². The molecule has 19 heavy (non-hydrogen) atoms. The minimum Gasteiger partial charge on any atom is -0.459 e. The van der Waals surface area contributed by atoms with Crippen LogP contribution in [0.25, 0.3) is 0 Å². The number of hydrogen-bond donors (Lipinski definition) is 1. The summed E-state index contributed by atoms with van der Waals surface area (Å²) in [5.41, 5.74) is 2.15. The van der Waals surface area contributed by atoms with Gasteiger partial charge in [-0.25, -0.2) is 0 Å². The number of carbonyl (C=O) groups excluding carboxylic acids is 1. The van der Waals surface area contributed by atoms with E-state index in [4.69, 9.17) is 4.74 Å². The fraction of sp³-hybridized carbons (Fsp3) is 0.562. The Labute approximate surface area is 116 Å². The van der Waals surface area contributed by atoms with Gasteiger partial charge in [-0.05, 0) is 39.2 Å². The van der Waals surface area contributed by atoms with E-state index in [2.05, 4.69) is 36.5 Å². The molecule has 0 amide bonds. The van der Waals surface area contributed by atoms with Crippen LogP contribution in [0.5, 0.6) is 0 Å². The van der Waals surface area contributed by atoms with E-state index >= 15 is 0 Å². The van der Waals surface area contributed by atoms with Crippen molar-refractivity contribution >= 4 is 5.97 Å². The van der Waals surface area contributed by atoms with Gasteiger partial charge in [0.2, 0.25) is 0 Å². The van der Waals surface area contributed by atoms with E-state index in [9.17, 15) is 4.79 Å². The first-order valence-corrected chi connectivity index (χ1v) is 6.89. The zero-order valence-electron chi connectivity index (χ0n) is 12.5. The summed E-state index contributed by atoms with van der Waals surface area (Å²) >= 11 is 0. The monoisotopic (exact) mass is 263 g/mol. The van der Waals surface area contributed by atoms with E-state index in [0.717, 1.165) is 12.8 Å². The first-order chi connectivity index (χ1) is 8.90. The van der Waals surface area contributed by atoms with Crippen LogP contribution in [0, 0.1) is 0 Å². The van der Waals surface area contributed by atoms with E-state index in [1.165, 1.54) is 11.1 Å². The topological polar surface area (TPSA) is 38.3 Å². The highest BCUT2D eigenvalue weighted by Gasteiger charge is 2.15. The molecule has 0 aliphatic heterocycles. The molecule has 3 heteroatoms. The van der Waals surface area contributed by atoms with Crippen molar-refractivity contribution in [3.8, 4) is 0 Å². The Morgan fingerprint density at radius 2 is 1.89 bits per heavy atom. The molecule has 1 N–H and O–H groups in total. The molecular formula is C16H25NO2. The number of carbonyl (C=O) groups is 1. The summed E-state index contributed by atoms with van der Waals surface area (Å²) in [7, 11) is 0. The SMILES string of the molecule is CCC1=CCC=C(CNCC(=O)OC(C)(C)C)C=C1. The molecule has 0 saturated carbocycles. The molecule has 3 nitrogen and oxygen atoms in total. The molecule has 106 valence electrons. The van der Waals surface area contributed by atoms with Crippen LogP contribution in [0.4, 0.5) is 0 Å². The van der Waals surface area contributed by atoms with Gasteiger partial charge in [-0.15, -0.1) is 0 Å². The highest BCUT2D eigenvalue weighted by Crippen LogP contribution is 2.12. The summed E-state index contributed by atoms with van der Waals surface area (Å²) < 4.78 is 5.24. The Balaban J connectivity index is 2.31. The number of ether oxygens (including phenoxy) is 1. The predicted molar refractivity (Wildman–Crippen MR) is 78.9 cm³/mol. The van der Waals surface area contributed by atoms with Crippen molar-refractivity contribution in [3.63, 3.8) is 0 Å². The van der Waals surface area contributed by atoms with Crippen molar-refractivity contribution in [1.29, 1.82) is 0 Å². The third kappa shape index (κ3) is 6.97. The first-order valence-electron chi connectivity index (χ1n) is 6.89. The Hall–Kier alpha value is -1.35. The van der Waals surface area contributed by atoms with E-state index in [1.807, 2.05) is 20.8 Å². The van der Waals surface area contributed by atoms with Crippen molar-refractivity contribution < 1.29 is 9.53 Å². The zero-order valence-corrected chi connectivity index (χ0v) is 12.5. The van der Waals surface area contributed by atoms with Crippen LogP contribution < -0.4 is 5.32 Å². The number of hydrogen-bond acceptors (Lipinski definition) is 3. The van der Waals surface area contributed by atoms with Crippen molar-refractivity contribution in [2.75, 3.05) is 13.1 Å². The summed E-state index contributed by atoms with van der Waals surface area (Å²) in [6, 6.07) is 0. The largest absolute Gasteiger partial charge is 0.459 e. The standard InChI is InChI=1S/C16H25NO2/c1-5-13-7-6-8-14(10-9-13)11-17-12-15(18)19-16(2,3)4/h7-10,17H,5-6,11-12H2,1-4H3. The lowest BCUT2D eigenvalue weighted by Crippen LogP contribution is -2.32. The zero-order chi connectivity index (χ0) is 14.3. The van der Waals surface area contributed by atoms with E-state index < -0.39 is 5.60 Å². The van der Waals surface area contributed by atoms with Crippen LogP contribution in [-0.2, 0) is 9.53 Å². The lowest BCUT2D eigenvalue weighted by molar-refractivity contribution is -0.153. The van der Waals surface area contributed by atoms with Gasteiger partial charge in [-0.3, -0.25) is 4.79 Å². The molecule has 0 unspecified atom stereocenters. The molecule has 0 atom stereocenters. The number of nitrogens with one attached hydrogen (secondary N) is 1. The fourth-order valence-corrected chi connectivity index (χ4v) is 1.79. The average Bonchev–Trinajstić information content (AvgIpc) is 2.52. The van der Waals surface area contributed by atoms with Crippen LogP contribution >= 0.6 is 0 Å². The van der Waals surface area contributed by atoms with E-state index in [-0.39, 0.29) is 12.5 Å². The summed E-state index contributed by atoms with van der Waals surface area (Å²) in [6.07, 6.45) is 10.7. The smallest absolute Gasteiger partial charge is 0.320 e. The van der Waals surface area contributed by atoms with Gasteiger partial charge in [0.15, 0.2) is 0 Å². The van der Waals surface area contributed by atoms with Crippen molar-refractivity contribution in [3.05, 3.63) is 35.5 Å². The molecular weight excluding hydrogens is 238 g/mol. The van der Waals surface area contributed by atoms with E-state index in [0.29, 0.717) is 6.54 Å². The highest BCUT2D eigenvalue weighted by atomic mass is 16.6. The average molecular weight is 263 g/mol. The molecule has 0 fully saturated rings. The number of rotatable bonds is 5. The Kier molecular flexibility index (Phi) is 6.03. The van der Waals surface area contributed by atoms with Gasteiger partial charge < -0.3 is 10.1 Å². The maximum atomic E-state index is 11.5. The van der Waals surface area contributed by atoms with Crippen molar-refractivity contribution in [2.45, 2.75) is 46.1 Å². The molecule has 0 heterocycles. The molecule has 1 aliphatic rings. The normalized spacial score (nSPS) is 15.6. The Morgan fingerprint density at radius 3 is 2.53 bits per heavy atom. The van der Waals surface area contributed by atoms with Crippen LogP contribution in [0.2, 0.25) is 0 Å².